The van der Waals surface area contributed by atoms with E-state index in [-0.39, 0.29) is 34.0 Å². The summed E-state index contributed by atoms with van der Waals surface area (Å²) in [6.45, 7) is 2.29. The molecular weight excluding hydrogens is 476 g/mol. The van der Waals surface area contributed by atoms with Crippen LogP contribution in [0.3, 0.4) is 0 Å². The van der Waals surface area contributed by atoms with Gasteiger partial charge in [-0.2, -0.15) is 0 Å². The van der Waals surface area contributed by atoms with E-state index >= 15 is 0 Å². The third-order valence-electron chi connectivity index (χ3n) is 5.11. The molecule has 0 spiro atoms. The van der Waals surface area contributed by atoms with Gasteiger partial charge in [0.05, 0.1) is 0 Å². The van der Waals surface area contributed by atoms with Crippen LogP contribution in [-0.4, -0.2) is 0 Å². The second-order valence-corrected chi connectivity index (χ2v) is 7.25. The number of unbranched alkanes of at least 4 members (excludes halogenated alkanes) is 7. The van der Waals surface area contributed by atoms with Crippen molar-refractivity contribution in [1.82, 2.24) is 0 Å². The first-order valence-electron chi connectivity index (χ1n) is 10.2. The van der Waals surface area contributed by atoms with E-state index in [1.165, 1.54) is 62.1 Å². The molecule has 3 aromatic rings. The molecule has 0 aliphatic carbocycles. The predicted molar refractivity (Wildman–Crippen MR) is 108 cm³/mol. The van der Waals surface area contributed by atoms with Crippen molar-refractivity contribution < 1.29 is 43.1 Å². The zero-order chi connectivity index (χ0) is 17.9. The molecule has 0 radical (unpaired) electrons. The summed E-state index contributed by atoms with van der Waals surface area (Å²) in [7, 11) is 0. The number of hydrogen-bond acceptors (Lipinski definition) is 0. The van der Waals surface area contributed by atoms with Crippen LogP contribution in [0.5, 0.6) is 0 Å². The normalized spacial score (nSPS) is 10.3. The lowest BCUT2D eigenvalue weighted by atomic mass is 10.1. The molecule has 1 aromatic carbocycles. The van der Waals surface area contributed by atoms with Crippen LogP contribution in [0.15, 0.2) is 73.3 Å². The minimum Gasteiger partial charge on any atom is -1.00 e. The highest BCUT2D eigenvalue weighted by Gasteiger charge is 2.02. The van der Waals surface area contributed by atoms with Crippen molar-refractivity contribution in [3.63, 3.8) is 0 Å². The molecule has 0 saturated carbocycles. The first-order chi connectivity index (χ1) is 12.9. The van der Waals surface area contributed by atoms with Gasteiger partial charge in [0.2, 0.25) is 0 Å². The molecule has 2 aromatic heterocycles. The van der Waals surface area contributed by atoms with Gasteiger partial charge in [0.25, 0.3) is 0 Å². The highest BCUT2D eigenvalue weighted by Crippen LogP contribution is 2.11. The quantitative estimate of drug-likeness (QED) is 0.238. The van der Waals surface area contributed by atoms with Crippen molar-refractivity contribution in [3.05, 3.63) is 73.3 Å². The van der Waals surface area contributed by atoms with Gasteiger partial charge < -0.3 is 34.0 Å². The Kier molecular flexibility index (Phi) is 13.0. The summed E-state index contributed by atoms with van der Waals surface area (Å²) in [5.74, 6) is 0. The van der Waals surface area contributed by atoms with E-state index in [4.69, 9.17) is 0 Å². The van der Waals surface area contributed by atoms with Crippen LogP contribution in [-0.2, 0) is 13.1 Å². The average Bonchev–Trinajstić information content (AvgIpc) is 2.70. The molecule has 4 heteroatoms. The van der Waals surface area contributed by atoms with Gasteiger partial charge in [-0.3, -0.25) is 0 Å². The van der Waals surface area contributed by atoms with E-state index in [0.717, 1.165) is 13.1 Å². The van der Waals surface area contributed by atoms with E-state index < -0.39 is 0 Å². The van der Waals surface area contributed by atoms with Crippen molar-refractivity contribution in [1.29, 1.82) is 0 Å². The number of aryl methyl sites for hydroxylation is 2. The topological polar surface area (TPSA) is 7.76 Å². The minimum absolute atomic E-state index is 0. The fraction of sp³-hybridized carbons (Fsp3) is 0.417. The fourth-order valence-corrected chi connectivity index (χ4v) is 3.55. The Bertz CT molecular complexity index is 778. The van der Waals surface area contributed by atoms with Crippen molar-refractivity contribution in [2.45, 2.75) is 64.5 Å². The first-order valence-corrected chi connectivity index (χ1v) is 10.2. The molecule has 0 bridgehead atoms. The van der Waals surface area contributed by atoms with Crippen LogP contribution in [0.4, 0.5) is 0 Å². The Morgan fingerprint density at radius 3 is 1.64 bits per heavy atom. The second-order valence-electron chi connectivity index (χ2n) is 7.25. The number of fused-ring (bicyclic) bond motifs is 1. The Morgan fingerprint density at radius 1 is 0.464 bits per heavy atom. The predicted octanol–water partition coefficient (Wildman–Crippen LogP) is -0.756. The lowest BCUT2D eigenvalue weighted by Crippen LogP contribution is -3.00. The van der Waals surface area contributed by atoms with Gasteiger partial charge >= 0.3 is 0 Å². The number of rotatable bonds is 11. The van der Waals surface area contributed by atoms with Crippen molar-refractivity contribution in [2.75, 3.05) is 0 Å². The van der Waals surface area contributed by atoms with Gasteiger partial charge in [-0.15, -0.1) is 0 Å². The lowest BCUT2D eigenvalue weighted by Gasteiger charge is -2.02. The van der Waals surface area contributed by atoms with E-state index in [1.54, 1.807) is 0 Å². The average molecular weight is 508 g/mol. The van der Waals surface area contributed by atoms with E-state index in [0.29, 0.717) is 0 Å². The summed E-state index contributed by atoms with van der Waals surface area (Å²) in [6, 6.07) is 17.1. The summed E-state index contributed by atoms with van der Waals surface area (Å²) in [5.41, 5.74) is 0. The lowest BCUT2D eigenvalue weighted by molar-refractivity contribution is -0.697. The standard InChI is InChI=1S/C24H32N2.2BrH/c1(3-5-10-17-25-18-12-7-13-19-25)2-4-6-11-20-26-21-16-23-14-8-9-15-24(23)22-26;;/h7-9,12-16,18-19,21-22H,1-6,10-11,17,20H2;2*1H/q+2;;/p-2. The molecule has 0 fully saturated rings. The van der Waals surface area contributed by atoms with Crippen molar-refractivity contribution in [2.24, 2.45) is 0 Å². The smallest absolute Gasteiger partial charge is 0.176 e. The zero-order valence-electron chi connectivity index (χ0n) is 16.6. The van der Waals surface area contributed by atoms with Gasteiger partial charge in [-0.25, -0.2) is 9.13 Å². The van der Waals surface area contributed by atoms with Gasteiger partial charge in [-0.05, 0) is 24.3 Å². The molecule has 0 N–H and O–H groups in total. The van der Waals surface area contributed by atoms with Crippen LogP contribution in [0, 0.1) is 0 Å². The van der Waals surface area contributed by atoms with Crippen molar-refractivity contribution >= 4 is 10.8 Å². The van der Waals surface area contributed by atoms with E-state index in [9.17, 15) is 0 Å². The maximum atomic E-state index is 2.34. The molecule has 2 heterocycles. The summed E-state index contributed by atoms with van der Waals surface area (Å²) in [5, 5.41) is 2.66. The molecule has 0 aliphatic heterocycles. The first kappa shape index (κ1) is 24.8. The van der Waals surface area contributed by atoms with E-state index in [1.807, 2.05) is 0 Å². The highest BCUT2D eigenvalue weighted by atomic mass is 79.9. The van der Waals surface area contributed by atoms with Crippen LogP contribution >= 0.6 is 0 Å². The fourth-order valence-electron chi connectivity index (χ4n) is 3.55. The number of nitrogens with zero attached hydrogens (tertiary/aromatic N) is 2. The molecule has 0 atom stereocenters. The minimum atomic E-state index is 0. The monoisotopic (exact) mass is 506 g/mol. The number of pyridine rings is 2. The number of benzene rings is 1. The summed E-state index contributed by atoms with van der Waals surface area (Å²) in [4.78, 5) is 0. The molecule has 152 valence electrons. The van der Waals surface area contributed by atoms with Crippen LogP contribution in [0.25, 0.3) is 10.8 Å². The molecule has 2 nitrogen and oxygen atoms in total. The van der Waals surface area contributed by atoms with Gasteiger partial charge in [0.1, 0.15) is 13.1 Å². The maximum absolute atomic E-state index is 2.34. The highest BCUT2D eigenvalue weighted by molar-refractivity contribution is 5.80. The Hall–Kier alpha value is -1.26. The molecule has 28 heavy (non-hydrogen) atoms. The third kappa shape index (κ3) is 8.83. The van der Waals surface area contributed by atoms with Gasteiger partial charge in [0.15, 0.2) is 24.8 Å². The zero-order valence-corrected chi connectivity index (χ0v) is 19.8. The molecule has 0 unspecified atom stereocenters. The van der Waals surface area contributed by atoms with Gasteiger partial charge in [-0.1, -0.05) is 49.9 Å². The third-order valence-corrected chi connectivity index (χ3v) is 5.11. The summed E-state index contributed by atoms with van der Waals surface area (Å²) in [6.07, 6.45) is 19.6. The molecular formula is C24H32Br2N2. The second kappa shape index (κ2) is 14.7. The number of halogens is 2. The molecule has 0 saturated heterocycles. The molecule has 0 amide bonds. The largest absolute Gasteiger partial charge is 1.00 e. The van der Waals surface area contributed by atoms with Crippen LogP contribution in [0.2, 0.25) is 0 Å². The van der Waals surface area contributed by atoms with E-state index in [2.05, 4.69) is 82.5 Å². The summed E-state index contributed by atoms with van der Waals surface area (Å²) >= 11 is 0. The number of aromatic nitrogens is 2. The molecule has 3 rings (SSSR count). The Morgan fingerprint density at radius 2 is 1.00 bits per heavy atom. The van der Waals surface area contributed by atoms with Crippen molar-refractivity contribution in [3.8, 4) is 0 Å². The summed E-state index contributed by atoms with van der Waals surface area (Å²) < 4.78 is 4.62. The Balaban J connectivity index is 0.00000196. The Labute approximate surface area is 191 Å². The van der Waals surface area contributed by atoms with Crippen LogP contribution in [0.1, 0.15) is 51.4 Å². The molecule has 0 aliphatic rings. The van der Waals surface area contributed by atoms with Gasteiger partial charge in [0, 0.05) is 36.4 Å². The number of hydrogen-bond donors (Lipinski definition) is 0. The maximum Gasteiger partial charge on any atom is 0.176 e. The SMILES string of the molecule is [Br-].[Br-].c1cc[n+](CCCCCCCCCC[n+]2ccc3ccccc3c2)cc1. The van der Waals surface area contributed by atoms with Crippen LogP contribution < -0.4 is 43.1 Å².